The predicted octanol–water partition coefficient (Wildman–Crippen LogP) is 4.44. The molecule has 0 spiro atoms. The molecule has 0 aliphatic carbocycles. The van der Waals surface area contributed by atoms with Crippen molar-refractivity contribution < 1.29 is 0 Å². The highest BCUT2D eigenvalue weighted by Crippen LogP contribution is 2.27. The summed E-state index contributed by atoms with van der Waals surface area (Å²) in [6, 6.07) is 8.20. The van der Waals surface area contributed by atoms with Crippen LogP contribution in [-0.4, -0.2) is 4.98 Å². The van der Waals surface area contributed by atoms with Gasteiger partial charge in [-0.3, -0.25) is 0 Å². The lowest BCUT2D eigenvalue weighted by Crippen LogP contribution is -1.77. The second-order valence-corrected chi connectivity index (χ2v) is 4.36. The molecule has 1 aromatic heterocycles. The summed E-state index contributed by atoms with van der Waals surface area (Å²) in [6.45, 7) is 5.69. The Bertz CT molecular complexity index is 528. The van der Waals surface area contributed by atoms with E-state index in [2.05, 4.69) is 23.7 Å². The van der Waals surface area contributed by atoms with E-state index in [0.717, 1.165) is 16.1 Å². The Balaban J connectivity index is 2.46. The van der Waals surface area contributed by atoms with Crippen LogP contribution in [0.25, 0.3) is 15.8 Å². The average molecular weight is 227 g/mol. The third-order valence-corrected chi connectivity index (χ3v) is 3.35. The number of nitrogens with zero attached hydrogens (tertiary/aromatic N) is 1. The number of thiazole rings is 1. The van der Waals surface area contributed by atoms with E-state index in [-0.39, 0.29) is 0 Å². The van der Waals surface area contributed by atoms with Gasteiger partial charge in [0.1, 0.15) is 5.01 Å². The van der Waals surface area contributed by atoms with Crippen LogP contribution >= 0.6 is 11.3 Å². The van der Waals surface area contributed by atoms with Gasteiger partial charge in [-0.1, -0.05) is 43.0 Å². The first-order valence-corrected chi connectivity index (χ1v) is 5.98. The Morgan fingerprint density at radius 3 is 2.88 bits per heavy atom. The highest BCUT2D eigenvalue weighted by molar-refractivity contribution is 7.19. The molecule has 0 amide bonds. The molecule has 0 aliphatic rings. The summed E-state index contributed by atoms with van der Waals surface area (Å²) in [5, 5.41) is 1.06. The van der Waals surface area contributed by atoms with Gasteiger partial charge in [-0.05, 0) is 19.1 Å². The van der Waals surface area contributed by atoms with Gasteiger partial charge < -0.3 is 0 Å². The number of allylic oxidation sites excluding steroid dienone is 5. The molecular weight excluding hydrogens is 214 g/mol. The maximum absolute atomic E-state index is 4.60. The van der Waals surface area contributed by atoms with Gasteiger partial charge in [0.25, 0.3) is 0 Å². The minimum atomic E-state index is 1.06. The van der Waals surface area contributed by atoms with Gasteiger partial charge in [-0.15, -0.1) is 11.3 Å². The van der Waals surface area contributed by atoms with Crippen molar-refractivity contribution in [3.8, 4) is 0 Å². The summed E-state index contributed by atoms with van der Waals surface area (Å²) in [6.07, 6.45) is 7.81. The molecule has 80 valence electrons. The van der Waals surface area contributed by atoms with Crippen LogP contribution in [0.5, 0.6) is 0 Å². The van der Waals surface area contributed by atoms with Crippen LogP contribution in [0.4, 0.5) is 0 Å². The van der Waals surface area contributed by atoms with Crippen LogP contribution in [0, 0.1) is 0 Å². The molecule has 2 aromatic rings. The normalized spacial score (nSPS) is 12.4. The molecule has 0 bridgehead atoms. The molecule has 0 saturated heterocycles. The fraction of sp³-hybridized carbons (Fsp3) is 0.0714. The molecule has 0 fully saturated rings. The standard InChI is InChI=1S/C14H13NS/c1-3-5-8-11(4-2)14-15-12-9-6-7-10-13(12)16-14/h3-10H,1H2,2H3/b8-5-,11-4+. The van der Waals surface area contributed by atoms with E-state index in [4.69, 9.17) is 0 Å². The van der Waals surface area contributed by atoms with Gasteiger partial charge >= 0.3 is 0 Å². The van der Waals surface area contributed by atoms with Gasteiger partial charge in [0.05, 0.1) is 10.2 Å². The number of para-hydroxylation sites is 1. The van der Waals surface area contributed by atoms with E-state index in [1.165, 1.54) is 4.70 Å². The molecule has 0 unspecified atom stereocenters. The first kappa shape index (κ1) is 10.8. The van der Waals surface area contributed by atoms with Gasteiger partial charge in [0.2, 0.25) is 0 Å². The number of rotatable bonds is 3. The Labute approximate surface area is 99.5 Å². The van der Waals surface area contributed by atoms with Crippen LogP contribution in [0.15, 0.2) is 55.1 Å². The van der Waals surface area contributed by atoms with Crippen LogP contribution < -0.4 is 0 Å². The van der Waals surface area contributed by atoms with Gasteiger partial charge in [0.15, 0.2) is 0 Å². The maximum Gasteiger partial charge on any atom is 0.124 e. The Hall–Kier alpha value is -1.67. The highest BCUT2D eigenvalue weighted by Gasteiger charge is 2.04. The van der Waals surface area contributed by atoms with Crippen LogP contribution in [0.1, 0.15) is 11.9 Å². The molecule has 0 aliphatic heterocycles. The summed E-state index contributed by atoms with van der Waals surface area (Å²) in [5.41, 5.74) is 2.20. The smallest absolute Gasteiger partial charge is 0.124 e. The lowest BCUT2D eigenvalue weighted by Gasteiger charge is -1.93. The van der Waals surface area contributed by atoms with Crippen molar-refractivity contribution in [2.45, 2.75) is 6.92 Å². The molecule has 1 aromatic carbocycles. The van der Waals surface area contributed by atoms with Gasteiger partial charge in [0, 0.05) is 5.57 Å². The zero-order chi connectivity index (χ0) is 11.4. The fourth-order valence-electron chi connectivity index (χ4n) is 1.46. The van der Waals surface area contributed by atoms with Crippen molar-refractivity contribution in [2.24, 2.45) is 0 Å². The van der Waals surface area contributed by atoms with E-state index in [0.29, 0.717) is 0 Å². The monoisotopic (exact) mass is 227 g/mol. The number of benzene rings is 1. The second-order valence-electron chi connectivity index (χ2n) is 3.33. The highest BCUT2D eigenvalue weighted by atomic mass is 32.1. The SMILES string of the molecule is C=C/C=C\C(=C/C)c1nc2ccccc2s1. The summed E-state index contributed by atoms with van der Waals surface area (Å²) in [4.78, 5) is 4.60. The van der Waals surface area contributed by atoms with Crippen molar-refractivity contribution in [1.82, 2.24) is 4.98 Å². The summed E-state index contributed by atoms with van der Waals surface area (Å²) in [7, 11) is 0. The minimum absolute atomic E-state index is 1.06. The third-order valence-electron chi connectivity index (χ3n) is 2.26. The van der Waals surface area contributed by atoms with Crippen molar-refractivity contribution in [3.63, 3.8) is 0 Å². The largest absolute Gasteiger partial charge is 0.236 e. The lowest BCUT2D eigenvalue weighted by atomic mass is 10.2. The number of fused-ring (bicyclic) bond motifs is 1. The van der Waals surface area contributed by atoms with E-state index < -0.39 is 0 Å². The second kappa shape index (κ2) is 4.90. The molecule has 0 radical (unpaired) electrons. The van der Waals surface area contributed by atoms with Gasteiger partial charge in [-0.25, -0.2) is 4.98 Å². The van der Waals surface area contributed by atoms with Crippen molar-refractivity contribution in [1.29, 1.82) is 0 Å². The summed E-state index contributed by atoms with van der Waals surface area (Å²) < 4.78 is 1.23. The molecule has 16 heavy (non-hydrogen) atoms. The summed E-state index contributed by atoms with van der Waals surface area (Å²) in [5.74, 6) is 0. The molecule has 1 nitrogen and oxygen atoms in total. The van der Waals surface area contributed by atoms with Crippen LogP contribution in [-0.2, 0) is 0 Å². The summed E-state index contributed by atoms with van der Waals surface area (Å²) >= 11 is 1.72. The molecule has 0 atom stereocenters. The lowest BCUT2D eigenvalue weighted by molar-refractivity contribution is 1.44. The fourth-order valence-corrected chi connectivity index (χ4v) is 2.48. The van der Waals surface area contributed by atoms with Crippen molar-refractivity contribution >= 4 is 27.1 Å². The van der Waals surface area contributed by atoms with E-state index >= 15 is 0 Å². The average Bonchev–Trinajstić information content (AvgIpc) is 2.73. The molecule has 0 saturated carbocycles. The van der Waals surface area contributed by atoms with Crippen LogP contribution in [0.2, 0.25) is 0 Å². The van der Waals surface area contributed by atoms with Gasteiger partial charge in [-0.2, -0.15) is 0 Å². The zero-order valence-corrected chi connectivity index (χ0v) is 10.00. The maximum atomic E-state index is 4.60. The minimum Gasteiger partial charge on any atom is -0.236 e. The topological polar surface area (TPSA) is 12.9 Å². The van der Waals surface area contributed by atoms with E-state index in [1.807, 2.05) is 37.3 Å². The first-order chi connectivity index (χ1) is 7.85. The number of aromatic nitrogens is 1. The molecule has 2 heteroatoms. The zero-order valence-electron chi connectivity index (χ0n) is 9.18. The number of hydrogen-bond donors (Lipinski definition) is 0. The Morgan fingerprint density at radius 1 is 1.38 bits per heavy atom. The Morgan fingerprint density at radius 2 is 2.19 bits per heavy atom. The van der Waals surface area contributed by atoms with Crippen molar-refractivity contribution in [2.75, 3.05) is 0 Å². The van der Waals surface area contributed by atoms with Crippen molar-refractivity contribution in [3.05, 3.63) is 60.2 Å². The third kappa shape index (κ3) is 2.12. The number of hydrogen-bond acceptors (Lipinski definition) is 2. The molecule has 2 rings (SSSR count). The quantitative estimate of drug-likeness (QED) is 0.706. The van der Waals surface area contributed by atoms with E-state index in [9.17, 15) is 0 Å². The predicted molar refractivity (Wildman–Crippen MR) is 72.6 cm³/mol. The Kier molecular flexibility index (Phi) is 3.32. The van der Waals surface area contributed by atoms with Crippen LogP contribution in [0.3, 0.4) is 0 Å². The molecule has 0 N–H and O–H groups in total. The van der Waals surface area contributed by atoms with E-state index in [1.54, 1.807) is 17.4 Å². The molecular formula is C14H13NS. The molecule has 1 heterocycles. The first-order valence-electron chi connectivity index (χ1n) is 5.16.